The molecule has 4 nitrogen and oxygen atoms in total. The Morgan fingerprint density at radius 1 is 0.966 bits per heavy atom. The van der Waals surface area contributed by atoms with Crippen molar-refractivity contribution in [2.24, 2.45) is 0 Å². The van der Waals surface area contributed by atoms with Crippen molar-refractivity contribution < 1.29 is 4.79 Å². The summed E-state index contributed by atoms with van der Waals surface area (Å²) in [6, 6.07) is 17.4. The molecule has 0 aliphatic rings. The van der Waals surface area contributed by atoms with Crippen molar-refractivity contribution in [3.05, 3.63) is 81.8 Å². The Morgan fingerprint density at radius 2 is 1.62 bits per heavy atom. The summed E-state index contributed by atoms with van der Waals surface area (Å²) in [5.41, 5.74) is 2.42. The van der Waals surface area contributed by atoms with Crippen molar-refractivity contribution in [3.63, 3.8) is 0 Å². The highest BCUT2D eigenvalue weighted by Crippen LogP contribution is 2.22. The first-order valence-electron chi connectivity index (χ1n) is 10.6. The molecule has 3 aromatic rings. The zero-order chi connectivity index (χ0) is 20.8. The maximum absolute atomic E-state index is 13.4. The maximum Gasteiger partial charge on any atom is 0.258 e. The normalized spacial score (nSPS) is 12.1. The van der Waals surface area contributed by atoms with Gasteiger partial charge in [-0.2, -0.15) is 0 Å². The zero-order valence-corrected chi connectivity index (χ0v) is 17.6. The summed E-state index contributed by atoms with van der Waals surface area (Å²) in [4.78, 5) is 26.4. The number of unbranched alkanes of at least 4 members (excludes halogenated alkanes) is 2. The Labute approximate surface area is 172 Å². The Kier molecular flexibility index (Phi) is 6.86. The van der Waals surface area contributed by atoms with Gasteiger partial charge in [-0.05, 0) is 31.4 Å². The smallest absolute Gasteiger partial charge is 0.258 e. The molecule has 0 aliphatic heterocycles. The number of nitrogens with one attached hydrogen (secondary N) is 1. The SMILES string of the molecule is CCCCCn1c(C)c(C(=O)NC(CC)c2ccccc2)c2ccccc2c1=O. The van der Waals surface area contributed by atoms with Crippen LogP contribution >= 0.6 is 0 Å². The number of carbonyl (C=O) groups excluding carboxylic acids is 1. The number of benzene rings is 2. The standard InChI is InChI=1S/C25H30N2O2/c1-4-6-12-17-27-18(3)23(20-15-10-11-16-21(20)25(27)29)24(28)26-22(5-2)19-13-8-7-9-14-19/h7-11,13-16,22H,4-6,12,17H2,1-3H3,(H,26,28). The van der Waals surface area contributed by atoms with Gasteiger partial charge in [-0.3, -0.25) is 9.59 Å². The van der Waals surface area contributed by atoms with E-state index in [0.29, 0.717) is 17.5 Å². The quantitative estimate of drug-likeness (QED) is 0.525. The third-order valence-corrected chi connectivity index (χ3v) is 5.57. The number of aromatic nitrogens is 1. The number of amides is 1. The molecule has 3 rings (SSSR count). The van der Waals surface area contributed by atoms with E-state index in [1.165, 1.54) is 0 Å². The molecule has 2 aromatic carbocycles. The van der Waals surface area contributed by atoms with E-state index in [1.54, 1.807) is 4.57 Å². The van der Waals surface area contributed by atoms with Crippen LogP contribution in [-0.2, 0) is 6.54 Å². The van der Waals surface area contributed by atoms with E-state index in [0.717, 1.165) is 42.3 Å². The minimum Gasteiger partial charge on any atom is -0.345 e. The van der Waals surface area contributed by atoms with Gasteiger partial charge in [0, 0.05) is 23.0 Å². The third-order valence-electron chi connectivity index (χ3n) is 5.57. The molecule has 1 amide bonds. The lowest BCUT2D eigenvalue weighted by Crippen LogP contribution is -2.32. The summed E-state index contributed by atoms with van der Waals surface area (Å²) in [5, 5.41) is 4.52. The second-order valence-corrected chi connectivity index (χ2v) is 7.51. The lowest BCUT2D eigenvalue weighted by Gasteiger charge is -2.21. The molecule has 0 spiro atoms. The Balaban J connectivity index is 2.05. The predicted octanol–water partition coefficient (Wildman–Crippen LogP) is 5.38. The van der Waals surface area contributed by atoms with Crippen LogP contribution in [0.2, 0.25) is 0 Å². The average Bonchev–Trinajstić information content (AvgIpc) is 2.75. The lowest BCUT2D eigenvalue weighted by molar-refractivity contribution is 0.0935. The highest BCUT2D eigenvalue weighted by Gasteiger charge is 2.21. The largest absolute Gasteiger partial charge is 0.345 e. The molecular weight excluding hydrogens is 360 g/mol. The topological polar surface area (TPSA) is 51.1 Å². The van der Waals surface area contributed by atoms with Gasteiger partial charge < -0.3 is 9.88 Å². The van der Waals surface area contributed by atoms with Crippen molar-refractivity contribution in [2.75, 3.05) is 0 Å². The number of pyridine rings is 1. The van der Waals surface area contributed by atoms with Crippen molar-refractivity contribution in [2.45, 2.75) is 59.0 Å². The van der Waals surface area contributed by atoms with Crippen LogP contribution in [0.25, 0.3) is 10.8 Å². The van der Waals surface area contributed by atoms with E-state index >= 15 is 0 Å². The first kappa shape index (κ1) is 20.8. The second kappa shape index (κ2) is 9.55. The number of nitrogens with zero attached hydrogens (tertiary/aromatic N) is 1. The first-order valence-corrected chi connectivity index (χ1v) is 10.6. The van der Waals surface area contributed by atoms with Crippen molar-refractivity contribution in [3.8, 4) is 0 Å². The number of fused-ring (bicyclic) bond motifs is 1. The molecule has 0 saturated carbocycles. The summed E-state index contributed by atoms with van der Waals surface area (Å²) < 4.78 is 1.77. The molecule has 29 heavy (non-hydrogen) atoms. The molecule has 0 saturated heterocycles. The minimum absolute atomic E-state index is 0.0131. The monoisotopic (exact) mass is 390 g/mol. The number of carbonyl (C=O) groups is 1. The van der Waals surface area contributed by atoms with Crippen molar-refractivity contribution in [1.29, 1.82) is 0 Å². The lowest BCUT2D eigenvalue weighted by atomic mass is 10.0. The summed E-state index contributed by atoms with van der Waals surface area (Å²) in [7, 11) is 0. The summed E-state index contributed by atoms with van der Waals surface area (Å²) in [5.74, 6) is -0.126. The molecule has 1 aromatic heterocycles. The van der Waals surface area contributed by atoms with Gasteiger partial charge in [-0.25, -0.2) is 0 Å². The molecular formula is C25H30N2O2. The van der Waals surface area contributed by atoms with E-state index in [4.69, 9.17) is 0 Å². The molecule has 152 valence electrons. The summed E-state index contributed by atoms with van der Waals surface area (Å²) >= 11 is 0. The van der Waals surface area contributed by atoms with Gasteiger partial charge in [0.15, 0.2) is 0 Å². The molecule has 0 radical (unpaired) electrons. The third kappa shape index (κ3) is 4.42. The van der Waals surface area contributed by atoms with Crippen LogP contribution in [0, 0.1) is 6.92 Å². The van der Waals surface area contributed by atoms with E-state index in [9.17, 15) is 9.59 Å². The average molecular weight is 391 g/mol. The van der Waals surface area contributed by atoms with E-state index in [-0.39, 0.29) is 17.5 Å². The molecule has 1 unspecified atom stereocenters. The molecule has 1 heterocycles. The highest BCUT2D eigenvalue weighted by atomic mass is 16.2. The Hall–Kier alpha value is -2.88. The van der Waals surface area contributed by atoms with Crippen molar-refractivity contribution >= 4 is 16.7 Å². The molecule has 1 N–H and O–H groups in total. The zero-order valence-electron chi connectivity index (χ0n) is 17.6. The van der Waals surface area contributed by atoms with Gasteiger partial charge in [0.05, 0.1) is 11.6 Å². The first-order chi connectivity index (χ1) is 14.1. The van der Waals surface area contributed by atoms with Gasteiger partial charge in [-0.1, -0.05) is 75.2 Å². The predicted molar refractivity (Wildman–Crippen MR) is 119 cm³/mol. The molecule has 0 aliphatic carbocycles. The van der Waals surface area contributed by atoms with Gasteiger partial charge in [0.2, 0.25) is 0 Å². The molecule has 4 heteroatoms. The van der Waals surface area contributed by atoms with Crippen LogP contribution in [0.15, 0.2) is 59.4 Å². The number of hydrogen-bond donors (Lipinski definition) is 1. The van der Waals surface area contributed by atoms with Crippen LogP contribution in [0.3, 0.4) is 0 Å². The highest BCUT2D eigenvalue weighted by molar-refractivity contribution is 6.07. The maximum atomic E-state index is 13.4. The van der Waals surface area contributed by atoms with Crippen LogP contribution in [0.5, 0.6) is 0 Å². The van der Waals surface area contributed by atoms with Gasteiger partial charge in [-0.15, -0.1) is 0 Å². The molecule has 1 atom stereocenters. The number of rotatable bonds is 8. The fraction of sp³-hybridized carbons (Fsp3) is 0.360. The van der Waals surface area contributed by atoms with Gasteiger partial charge >= 0.3 is 0 Å². The van der Waals surface area contributed by atoms with E-state index in [2.05, 4.69) is 19.2 Å². The number of hydrogen-bond acceptors (Lipinski definition) is 2. The van der Waals surface area contributed by atoms with Gasteiger partial charge in [0.25, 0.3) is 11.5 Å². The second-order valence-electron chi connectivity index (χ2n) is 7.51. The van der Waals surface area contributed by atoms with Crippen molar-refractivity contribution in [1.82, 2.24) is 9.88 Å². The van der Waals surface area contributed by atoms with Crippen LogP contribution < -0.4 is 10.9 Å². The van der Waals surface area contributed by atoms with E-state index in [1.807, 2.05) is 61.5 Å². The fourth-order valence-corrected chi connectivity index (χ4v) is 3.93. The van der Waals surface area contributed by atoms with Crippen LogP contribution in [0.1, 0.15) is 67.2 Å². The Morgan fingerprint density at radius 3 is 2.28 bits per heavy atom. The Bertz CT molecular complexity index is 1040. The fourth-order valence-electron chi connectivity index (χ4n) is 3.93. The van der Waals surface area contributed by atoms with Gasteiger partial charge in [0.1, 0.15) is 0 Å². The van der Waals surface area contributed by atoms with Crippen LogP contribution in [-0.4, -0.2) is 10.5 Å². The van der Waals surface area contributed by atoms with Crippen LogP contribution in [0.4, 0.5) is 0 Å². The summed E-state index contributed by atoms with van der Waals surface area (Å²) in [6.07, 6.45) is 3.87. The minimum atomic E-state index is -0.126. The van der Waals surface area contributed by atoms with E-state index < -0.39 is 0 Å². The molecule has 0 fully saturated rings. The molecule has 0 bridgehead atoms. The summed E-state index contributed by atoms with van der Waals surface area (Å²) in [6.45, 7) is 6.73.